The van der Waals surface area contributed by atoms with Crippen molar-refractivity contribution >= 4 is 15.9 Å². The maximum Gasteiger partial charge on any atom is 0.260 e. The van der Waals surface area contributed by atoms with Crippen molar-refractivity contribution in [3.05, 3.63) is 48.0 Å². The Kier molecular flexibility index (Phi) is 7.09. The van der Waals surface area contributed by atoms with Crippen molar-refractivity contribution in [3.8, 4) is 17.2 Å². The van der Waals surface area contributed by atoms with Crippen LogP contribution in [-0.2, 0) is 14.8 Å². The molecule has 2 aromatic carbocycles. The molecule has 8 nitrogen and oxygen atoms in total. The maximum absolute atomic E-state index is 13.1. The van der Waals surface area contributed by atoms with E-state index in [0.717, 1.165) is 6.42 Å². The zero-order valence-electron chi connectivity index (χ0n) is 19.0. The Morgan fingerprint density at radius 1 is 0.970 bits per heavy atom. The summed E-state index contributed by atoms with van der Waals surface area (Å²) in [4.78, 5) is 14.4. The summed E-state index contributed by atoms with van der Waals surface area (Å²) in [6, 6.07) is 12.4. The van der Waals surface area contributed by atoms with E-state index in [1.807, 2.05) is 24.3 Å². The summed E-state index contributed by atoms with van der Waals surface area (Å²) in [7, 11) is -3.69. The van der Waals surface area contributed by atoms with Gasteiger partial charge in [0.2, 0.25) is 10.0 Å². The van der Waals surface area contributed by atoms with Gasteiger partial charge < -0.3 is 19.1 Å². The topological polar surface area (TPSA) is 85.4 Å². The van der Waals surface area contributed by atoms with E-state index in [1.54, 1.807) is 17.0 Å². The van der Waals surface area contributed by atoms with Crippen LogP contribution in [0.15, 0.2) is 47.4 Å². The number of carbonyl (C=O) groups is 1. The number of rotatable bonds is 6. The van der Waals surface area contributed by atoms with Gasteiger partial charge in [-0.2, -0.15) is 4.31 Å². The summed E-state index contributed by atoms with van der Waals surface area (Å²) in [5.41, 5.74) is 1.21. The number of ether oxygens (including phenoxy) is 3. The first-order chi connectivity index (χ1) is 15.8. The second kappa shape index (κ2) is 10.0. The third kappa shape index (κ3) is 5.42. The minimum absolute atomic E-state index is 0.0735. The molecule has 0 saturated carbocycles. The molecule has 2 aromatic rings. The molecule has 1 amide bonds. The van der Waals surface area contributed by atoms with Crippen LogP contribution in [0.5, 0.6) is 17.2 Å². The Bertz CT molecular complexity index is 1080. The lowest BCUT2D eigenvalue weighted by atomic mass is 10.0. The number of benzene rings is 2. The van der Waals surface area contributed by atoms with Gasteiger partial charge in [0.25, 0.3) is 5.91 Å². The van der Waals surface area contributed by atoms with Crippen LogP contribution in [0.2, 0.25) is 0 Å². The molecule has 0 unspecified atom stereocenters. The number of hydrogen-bond acceptors (Lipinski definition) is 6. The van der Waals surface area contributed by atoms with Gasteiger partial charge in [-0.15, -0.1) is 0 Å². The Morgan fingerprint density at radius 3 is 2.30 bits per heavy atom. The number of nitrogens with zero attached hydrogens (tertiary/aromatic N) is 2. The van der Waals surface area contributed by atoms with Crippen LogP contribution in [-0.4, -0.2) is 69.5 Å². The van der Waals surface area contributed by atoms with Crippen LogP contribution >= 0.6 is 0 Å². The van der Waals surface area contributed by atoms with Crippen molar-refractivity contribution in [2.75, 3.05) is 46.0 Å². The second-order valence-electron chi connectivity index (χ2n) is 8.46. The third-order valence-electron chi connectivity index (χ3n) is 5.86. The van der Waals surface area contributed by atoms with E-state index in [4.69, 9.17) is 14.2 Å². The van der Waals surface area contributed by atoms with Crippen molar-refractivity contribution < 1.29 is 27.4 Å². The zero-order valence-corrected chi connectivity index (χ0v) is 19.8. The van der Waals surface area contributed by atoms with Gasteiger partial charge in [0.05, 0.1) is 18.1 Å². The summed E-state index contributed by atoms with van der Waals surface area (Å²) in [6.07, 6.45) is 0.750. The Morgan fingerprint density at radius 2 is 1.64 bits per heavy atom. The predicted molar refractivity (Wildman–Crippen MR) is 123 cm³/mol. The van der Waals surface area contributed by atoms with Crippen LogP contribution in [0.25, 0.3) is 0 Å². The van der Waals surface area contributed by atoms with Crippen LogP contribution < -0.4 is 14.2 Å². The molecule has 2 heterocycles. The van der Waals surface area contributed by atoms with E-state index in [2.05, 4.69) is 13.8 Å². The molecule has 0 N–H and O–H groups in total. The highest BCUT2D eigenvalue weighted by Gasteiger charge is 2.31. The van der Waals surface area contributed by atoms with Gasteiger partial charge >= 0.3 is 0 Å². The Hall–Kier alpha value is -2.78. The summed E-state index contributed by atoms with van der Waals surface area (Å²) in [5, 5.41) is 0. The number of piperazine rings is 1. The van der Waals surface area contributed by atoms with E-state index in [9.17, 15) is 13.2 Å². The molecule has 0 spiro atoms. The quantitative estimate of drug-likeness (QED) is 0.640. The fourth-order valence-corrected chi connectivity index (χ4v) is 5.25. The van der Waals surface area contributed by atoms with Gasteiger partial charge in [-0.05, 0) is 35.7 Å². The number of amides is 1. The van der Waals surface area contributed by atoms with E-state index in [0.29, 0.717) is 49.5 Å². The summed E-state index contributed by atoms with van der Waals surface area (Å²) >= 11 is 0. The molecule has 1 fully saturated rings. The molecule has 9 heteroatoms. The standard InChI is InChI=1S/C24H30N2O6S/c1-18(2)19-4-6-20(7-5-19)32-17-24(27)25-10-12-26(13-11-25)33(28,29)21-8-9-22-23(16-21)31-15-3-14-30-22/h4-9,16,18H,3,10-15,17H2,1-2H3. The van der Waals surface area contributed by atoms with Gasteiger partial charge in [0, 0.05) is 38.7 Å². The first-order valence-corrected chi connectivity index (χ1v) is 12.7. The second-order valence-corrected chi connectivity index (χ2v) is 10.4. The van der Waals surface area contributed by atoms with Gasteiger partial charge in [-0.1, -0.05) is 26.0 Å². The Labute approximate surface area is 195 Å². The predicted octanol–water partition coefficient (Wildman–Crippen LogP) is 2.88. The average Bonchev–Trinajstić information content (AvgIpc) is 3.08. The monoisotopic (exact) mass is 474 g/mol. The molecule has 0 aliphatic carbocycles. The van der Waals surface area contributed by atoms with Crippen molar-refractivity contribution in [3.63, 3.8) is 0 Å². The molecular weight excluding hydrogens is 444 g/mol. The molecule has 33 heavy (non-hydrogen) atoms. The van der Waals surface area contributed by atoms with Crippen molar-refractivity contribution in [2.24, 2.45) is 0 Å². The molecule has 0 bridgehead atoms. The molecule has 0 aromatic heterocycles. The highest BCUT2D eigenvalue weighted by Crippen LogP contribution is 2.33. The molecule has 4 rings (SSSR count). The Balaban J connectivity index is 1.32. The highest BCUT2D eigenvalue weighted by molar-refractivity contribution is 7.89. The molecule has 0 atom stereocenters. The highest BCUT2D eigenvalue weighted by atomic mass is 32.2. The largest absolute Gasteiger partial charge is 0.490 e. The van der Waals surface area contributed by atoms with Gasteiger partial charge in [0.1, 0.15) is 5.75 Å². The summed E-state index contributed by atoms with van der Waals surface area (Å²) < 4.78 is 44.5. The lowest BCUT2D eigenvalue weighted by Gasteiger charge is -2.34. The van der Waals surface area contributed by atoms with E-state index in [1.165, 1.54) is 15.9 Å². The van der Waals surface area contributed by atoms with Crippen LogP contribution in [0, 0.1) is 0 Å². The molecule has 0 radical (unpaired) electrons. The van der Waals surface area contributed by atoms with E-state index in [-0.39, 0.29) is 30.5 Å². The number of carbonyl (C=O) groups excluding carboxylic acids is 1. The average molecular weight is 475 g/mol. The molecule has 178 valence electrons. The molecule has 2 aliphatic rings. The number of fused-ring (bicyclic) bond motifs is 1. The SMILES string of the molecule is CC(C)c1ccc(OCC(=O)N2CCN(S(=O)(=O)c3ccc4c(c3)OCCCO4)CC2)cc1. The fraction of sp³-hybridized carbons (Fsp3) is 0.458. The zero-order chi connectivity index (χ0) is 23.4. The molecule has 2 aliphatic heterocycles. The normalized spacial score (nSPS) is 17.0. The van der Waals surface area contributed by atoms with Gasteiger partial charge in [-0.3, -0.25) is 4.79 Å². The van der Waals surface area contributed by atoms with Crippen LogP contribution in [0.3, 0.4) is 0 Å². The fourth-order valence-electron chi connectivity index (χ4n) is 3.82. The smallest absolute Gasteiger partial charge is 0.260 e. The minimum Gasteiger partial charge on any atom is -0.490 e. The first kappa shape index (κ1) is 23.4. The van der Waals surface area contributed by atoms with Gasteiger partial charge in [-0.25, -0.2) is 8.42 Å². The third-order valence-corrected chi connectivity index (χ3v) is 7.75. The first-order valence-electron chi connectivity index (χ1n) is 11.2. The molecule has 1 saturated heterocycles. The lowest BCUT2D eigenvalue weighted by molar-refractivity contribution is -0.134. The summed E-state index contributed by atoms with van der Waals surface area (Å²) in [5.74, 6) is 1.92. The van der Waals surface area contributed by atoms with Crippen molar-refractivity contribution in [2.45, 2.75) is 31.1 Å². The van der Waals surface area contributed by atoms with Crippen molar-refractivity contribution in [1.82, 2.24) is 9.21 Å². The number of sulfonamides is 1. The van der Waals surface area contributed by atoms with Crippen LogP contribution in [0.1, 0.15) is 31.7 Å². The summed E-state index contributed by atoms with van der Waals surface area (Å²) in [6.45, 7) is 6.29. The lowest BCUT2D eigenvalue weighted by Crippen LogP contribution is -2.51. The van der Waals surface area contributed by atoms with E-state index < -0.39 is 10.0 Å². The van der Waals surface area contributed by atoms with Crippen molar-refractivity contribution in [1.29, 1.82) is 0 Å². The van der Waals surface area contributed by atoms with Crippen LogP contribution in [0.4, 0.5) is 0 Å². The van der Waals surface area contributed by atoms with Gasteiger partial charge in [0.15, 0.2) is 18.1 Å². The molecular formula is C24H30N2O6S. The van der Waals surface area contributed by atoms with E-state index >= 15 is 0 Å². The minimum atomic E-state index is -3.69. The maximum atomic E-state index is 13.1. The number of hydrogen-bond donors (Lipinski definition) is 0.